The molecule has 0 saturated carbocycles. The van der Waals surface area contributed by atoms with Gasteiger partial charge in [0.05, 0.1) is 0 Å². The van der Waals surface area contributed by atoms with E-state index in [1.54, 1.807) is 0 Å². The molecule has 1 heterocycles. The van der Waals surface area contributed by atoms with E-state index in [9.17, 15) is 14.4 Å². The maximum Gasteiger partial charge on any atom is 0.326 e. The summed E-state index contributed by atoms with van der Waals surface area (Å²) in [6, 6.07) is -2.04. The summed E-state index contributed by atoms with van der Waals surface area (Å²) in [7, 11) is 0. The largest absolute Gasteiger partial charge is 0.481 e. The Hall–Kier alpha value is -2.23. The van der Waals surface area contributed by atoms with Crippen LogP contribution in [0.2, 0.25) is 0 Å². The van der Waals surface area contributed by atoms with E-state index in [0.29, 0.717) is 6.42 Å². The molecular formula is C10H14N4O5S. The summed E-state index contributed by atoms with van der Waals surface area (Å²) in [5.74, 6) is -2.43. The van der Waals surface area contributed by atoms with Crippen LogP contribution in [-0.4, -0.2) is 44.4 Å². The smallest absolute Gasteiger partial charge is 0.326 e. The maximum atomic E-state index is 11.6. The Morgan fingerprint density at radius 2 is 2.00 bits per heavy atom. The molecule has 0 aromatic carbocycles. The highest BCUT2D eigenvalue weighted by Gasteiger charge is 2.21. The van der Waals surface area contributed by atoms with Crippen LogP contribution in [0, 0.1) is 0 Å². The van der Waals surface area contributed by atoms with Crippen molar-refractivity contribution in [2.75, 3.05) is 5.32 Å². The average molecular weight is 302 g/mol. The summed E-state index contributed by atoms with van der Waals surface area (Å²) >= 11 is 1.18. The average Bonchev–Trinajstić information content (AvgIpc) is 2.81. The molecule has 0 fully saturated rings. The number of aryl methyl sites for hydroxylation is 1. The van der Waals surface area contributed by atoms with Gasteiger partial charge in [-0.3, -0.25) is 10.1 Å². The van der Waals surface area contributed by atoms with Crippen molar-refractivity contribution in [2.24, 2.45) is 0 Å². The van der Waals surface area contributed by atoms with E-state index in [2.05, 4.69) is 20.8 Å². The lowest BCUT2D eigenvalue weighted by Gasteiger charge is -2.13. The van der Waals surface area contributed by atoms with E-state index in [1.807, 2.05) is 6.92 Å². The van der Waals surface area contributed by atoms with Gasteiger partial charge in [0.2, 0.25) is 5.13 Å². The summed E-state index contributed by atoms with van der Waals surface area (Å²) < 4.78 is 0. The third-order valence-corrected chi connectivity index (χ3v) is 3.22. The molecule has 20 heavy (non-hydrogen) atoms. The molecule has 1 atom stereocenters. The molecule has 0 aliphatic rings. The Balaban J connectivity index is 2.52. The minimum atomic E-state index is -1.30. The Labute approximate surface area is 118 Å². The zero-order valence-electron chi connectivity index (χ0n) is 10.6. The standard InChI is InChI=1S/C10H14N4O5S/c1-2-6-13-14-10(20-6)12-9(19)11-5(8(17)18)3-4-7(15)16/h5H,2-4H2,1H3,(H,15,16)(H,17,18)(H2,11,12,14,19)/t5-/m0/s1. The predicted octanol–water partition coefficient (Wildman–Crippen LogP) is 0.540. The van der Waals surface area contributed by atoms with Gasteiger partial charge in [0, 0.05) is 6.42 Å². The van der Waals surface area contributed by atoms with Gasteiger partial charge in [0.15, 0.2) is 0 Å². The molecule has 0 unspecified atom stereocenters. The van der Waals surface area contributed by atoms with Crippen molar-refractivity contribution in [3.63, 3.8) is 0 Å². The number of aromatic nitrogens is 2. The lowest BCUT2D eigenvalue weighted by Crippen LogP contribution is -2.43. The first-order valence-electron chi connectivity index (χ1n) is 5.76. The van der Waals surface area contributed by atoms with Crippen LogP contribution in [0.15, 0.2) is 0 Å². The zero-order chi connectivity index (χ0) is 15.1. The summed E-state index contributed by atoms with van der Waals surface area (Å²) in [6.45, 7) is 1.89. The quantitative estimate of drug-likeness (QED) is 0.575. The first-order chi connectivity index (χ1) is 9.42. The van der Waals surface area contributed by atoms with Crippen LogP contribution in [0.1, 0.15) is 24.8 Å². The number of anilines is 1. The number of hydrogen-bond donors (Lipinski definition) is 4. The fourth-order valence-corrected chi connectivity index (χ4v) is 1.94. The van der Waals surface area contributed by atoms with Crippen LogP contribution in [0.25, 0.3) is 0 Å². The molecule has 0 spiro atoms. The molecule has 0 saturated heterocycles. The zero-order valence-corrected chi connectivity index (χ0v) is 11.4. The van der Waals surface area contributed by atoms with Gasteiger partial charge in [-0.15, -0.1) is 10.2 Å². The molecule has 1 aromatic heterocycles. The summed E-state index contributed by atoms with van der Waals surface area (Å²) in [5, 5.41) is 30.4. The van der Waals surface area contributed by atoms with E-state index >= 15 is 0 Å². The molecule has 4 N–H and O–H groups in total. The van der Waals surface area contributed by atoms with Crippen molar-refractivity contribution < 1.29 is 24.6 Å². The first kappa shape index (κ1) is 15.8. The number of hydrogen-bond acceptors (Lipinski definition) is 6. The number of carboxylic acid groups (broad SMARTS) is 2. The Bertz CT molecular complexity index is 504. The Morgan fingerprint density at radius 3 is 2.50 bits per heavy atom. The number of amides is 2. The topological polar surface area (TPSA) is 142 Å². The monoisotopic (exact) mass is 302 g/mol. The number of urea groups is 1. The van der Waals surface area contributed by atoms with Crippen molar-refractivity contribution in [1.29, 1.82) is 0 Å². The highest BCUT2D eigenvalue weighted by molar-refractivity contribution is 7.15. The Morgan fingerprint density at radius 1 is 1.30 bits per heavy atom. The van der Waals surface area contributed by atoms with Crippen LogP contribution in [0.5, 0.6) is 0 Å². The number of aliphatic carboxylic acids is 2. The second-order valence-electron chi connectivity index (χ2n) is 3.78. The highest BCUT2D eigenvalue weighted by Crippen LogP contribution is 2.15. The van der Waals surface area contributed by atoms with Gasteiger partial charge < -0.3 is 15.5 Å². The second-order valence-corrected chi connectivity index (χ2v) is 4.84. The number of carbonyl (C=O) groups excluding carboxylic acids is 1. The summed E-state index contributed by atoms with van der Waals surface area (Å²) in [5.41, 5.74) is 0. The molecule has 1 aromatic rings. The van der Waals surface area contributed by atoms with Crippen LogP contribution < -0.4 is 10.6 Å². The number of rotatable bonds is 7. The minimum Gasteiger partial charge on any atom is -0.481 e. The molecule has 9 nitrogen and oxygen atoms in total. The molecule has 0 aliphatic heterocycles. The van der Waals surface area contributed by atoms with Gasteiger partial charge >= 0.3 is 18.0 Å². The number of carboxylic acids is 2. The number of nitrogens with one attached hydrogen (secondary N) is 2. The summed E-state index contributed by atoms with van der Waals surface area (Å²) in [4.78, 5) is 32.9. The third-order valence-electron chi connectivity index (χ3n) is 2.24. The van der Waals surface area contributed by atoms with Gasteiger partial charge in [-0.2, -0.15) is 0 Å². The minimum absolute atomic E-state index is 0.200. The van der Waals surface area contributed by atoms with E-state index in [4.69, 9.17) is 10.2 Å². The second kappa shape index (κ2) is 7.38. The molecule has 110 valence electrons. The van der Waals surface area contributed by atoms with Gasteiger partial charge in [-0.25, -0.2) is 9.59 Å². The van der Waals surface area contributed by atoms with Gasteiger partial charge in [-0.05, 0) is 12.8 Å². The fraction of sp³-hybridized carbons (Fsp3) is 0.500. The lowest BCUT2D eigenvalue weighted by atomic mass is 10.1. The third kappa shape index (κ3) is 5.18. The first-order valence-corrected chi connectivity index (χ1v) is 6.58. The molecule has 1 rings (SSSR count). The molecule has 0 aliphatic carbocycles. The number of carbonyl (C=O) groups is 3. The molecule has 0 radical (unpaired) electrons. The van der Waals surface area contributed by atoms with Crippen LogP contribution in [0.4, 0.5) is 9.93 Å². The van der Waals surface area contributed by atoms with Crippen LogP contribution >= 0.6 is 11.3 Å². The fourth-order valence-electron chi connectivity index (χ4n) is 1.26. The molecular weight excluding hydrogens is 288 g/mol. The van der Waals surface area contributed by atoms with E-state index < -0.39 is 24.0 Å². The molecule has 2 amide bonds. The Kier molecular flexibility index (Phi) is 5.84. The van der Waals surface area contributed by atoms with Crippen molar-refractivity contribution in [2.45, 2.75) is 32.2 Å². The lowest BCUT2D eigenvalue weighted by molar-refractivity contribution is -0.140. The van der Waals surface area contributed by atoms with Crippen LogP contribution in [0.3, 0.4) is 0 Å². The summed E-state index contributed by atoms with van der Waals surface area (Å²) in [6.07, 6.45) is 0.127. The van der Waals surface area contributed by atoms with Crippen molar-refractivity contribution in [3.8, 4) is 0 Å². The van der Waals surface area contributed by atoms with Crippen molar-refractivity contribution in [1.82, 2.24) is 15.5 Å². The SMILES string of the molecule is CCc1nnc(NC(=O)N[C@@H](CCC(=O)O)C(=O)O)s1. The molecule has 10 heteroatoms. The number of nitrogens with zero attached hydrogens (tertiary/aromatic N) is 2. The van der Waals surface area contributed by atoms with Gasteiger partial charge in [0.1, 0.15) is 11.0 Å². The highest BCUT2D eigenvalue weighted by atomic mass is 32.1. The van der Waals surface area contributed by atoms with E-state index in [0.717, 1.165) is 5.01 Å². The van der Waals surface area contributed by atoms with Crippen LogP contribution in [-0.2, 0) is 16.0 Å². The predicted molar refractivity (Wildman–Crippen MR) is 69.7 cm³/mol. The normalized spacial score (nSPS) is 11.7. The van der Waals surface area contributed by atoms with E-state index in [1.165, 1.54) is 11.3 Å². The van der Waals surface area contributed by atoms with Crippen molar-refractivity contribution >= 4 is 34.4 Å². The molecule has 0 bridgehead atoms. The van der Waals surface area contributed by atoms with Crippen molar-refractivity contribution in [3.05, 3.63) is 5.01 Å². The maximum absolute atomic E-state index is 11.6. The van der Waals surface area contributed by atoms with E-state index in [-0.39, 0.29) is 18.0 Å². The van der Waals surface area contributed by atoms with Gasteiger partial charge in [0.25, 0.3) is 0 Å². The van der Waals surface area contributed by atoms with Gasteiger partial charge in [-0.1, -0.05) is 18.3 Å².